The minimum Gasteiger partial charge on any atom is -0.323 e. The molecule has 26 heavy (non-hydrogen) atoms. The first kappa shape index (κ1) is 18.5. The van der Waals surface area contributed by atoms with Crippen LogP contribution in [0.1, 0.15) is 12.0 Å². The summed E-state index contributed by atoms with van der Waals surface area (Å²) >= 11 is 5.97. The number of halogens is 1. The predicted molar refractivity (Wildman–Crippen MR) is 104 cm³/mol. The zero-order valence-corrected chi connectivity index (χ0v) is 15.9. The Balaban J connectivity index is 1.68. The molecule has 1 aliphatic heterocycles. The van der Waals surface area contributed by atoms with Crippen LogP contribution < -0.4 is 9.62 Å². The Morgan fingerprint density at radius 2 is 2.00 bits per heavy atom. The molecule has 0 radical (unpaired) electrons. The third kappa shape index (κ3) is 4.28. The van der Waals surface area contributed by atoms with Crippen LogP contribution in [-0.4, -0.2) is 38.7 Å². The summed E-state index contributed by atoms with van der Waals surface area (Å²) in [5, 5.41) is 3.42. The first-order valence-electron chi connectivity index (χ1n) is 8.22. The number of anilines is 2. The Kier molecular flexibility index (Phi) is 5.38. The normalized spacial score (nSPS) is 15.7. The zero-order chi connectivity index (χ0) is 18.7. The fourth-order valence-corrected chi connectivity index (χ4v) is 4.64. The Hall–Kier alpha value is -2.25. The van der Waals surface area contributed by atoms with E-state index in [1.165, 1.54) is 9.21 Å². The molecule has 1 fully saturated rings. The molecule has 0 unspecified atom stereocenters. The highest BCUT2D eigenvalue weighted by molar-refractivity contribution is 7.93. The molecular weight excluding hydrogens is 374 g/mol. The van der Waals surface area contributed by atoms with E-state index in [0.29, 0.717) is 35.9 Å². The van der Waals surface area contributed by atoms with E-state index in [4.69, 9.17) is 11.6 Å². The van der Waals surface area contributed by atoms with Crippen molar-refractivity contribution in [2.24, 2.45) is 0 Å². The molecule has 1 aliphatic rings. The topological polar surface area (TPSA) is 69.7 Å². The maximum atomic E-state index is 12.4. The Morgan fingerprint density at radius 3 is 2.69 bits per heavy atom. The van der Waals surface area contributed by atoms with Crippen molar-refractivity contribution in [1.82, 2.24) is 4.90 Å². The molecule has 8 heteroatoms. The van der Waals surface area contributed by atoms with Gasteiger partial charge in [0.25, 0.3) is 0 Å². The van der Waals surface area contributed by atoms with Crippen molar-refractivity contribution in [3.63, 3.8) is 0 Å². The number of benzene rings is 2. The van der Waals surface area contributed by atoms with E-state index in [-0.39, 0.29) is 11.8 Å². The molecule has 2 aromatic carbocycles. The Bertz CT molecular complexity index is 917. The first-order chi connectivity index (χ1) is 12.3. The van der Waals surface area contributed by atoms with E-state index < -0.39 is 10.0 Å². The molecule has 0 atom stereocenters. The summed E-state index contributed by atoms with van der Waals surface area (Å²) in [5.41, 5.74) is 2.04. The number of rotatable bonds is 4. The van der Waals surface area contributed by atoms with Gasteiger partial charge in [0.05, 0.1) is 11.4 Å². The van der Waals surface area contributed by atoms with Crippen molar-refractivity contribution in [3.05, 3.63) is 59.1 Å². The number of carbonyl (C=O) groups excluding carboxylic acids is 1. The van der Waals surface area contributed by atoms with Gasteiger partial charge in [-0.1, -0.05) is 29.8 Å². The lowest BCUT2D eigenvalue weighted by Crippen LogP contribution is -2.31. The van der Waals surface area contributed by atoms with Gasteiger partial charge in [0.1, 0.15) is 0 Å². The zero-order valence-electron chi connectivity index (χ0n) is 14.4. The average molecular weight is 394 g/mol. The lowest BCUT2D eigenvalue weighted by Gasteiger charge is -2.20. The minimum atomic E-state index is -3.25. The summed E-state index contributed by atoms with van der Waals surface area (Å²) < 4.78 is 25.5. The van der Waals surface area contributed by atoms with Crippen LogP contribution in [0.4, 0.5) is 16.2 Å². The fourth-order valence-electron chi connectivity index (χ4n) is 2.87. The van der Waals surface area contributed by atoms with Gasteiger partial charge in [-0.25, -0.2) is 13.2 Å². The summed E-state index contributed by atoms with van der Waals surface area (Å²) in [6, 6.07) is 13.9. The van der Waals surface area contributed by atoms with Crippen molar-refractivity contribution in [2.45, 2.75) is 13.0 Å². The van der Waals surface area contributed by atoms with Gasteiger partial charge in [-0.3, -0.25) is 4.31 Å². The molecule has 1 saturated heterocycles. The van der Waals surface area contributed by atoms with Crippen LogP contribution in [0.15, 0.2) is 48.5 Å². The van der Waals surface area contributed by atoms with Gasteiger partial charge in [0.15, 0.2) is 0 Å². The molecule has 1 heterocycles. The number of hydrogen-bond donors (Lipinski definition) is 1. The first-order valence-corrected chi connectivity index (χ1v) is 10.2. The summed E-state index contributed by atoms with van der Waals surface area (Å²) in [4.78, 5) is 13.9. The van der Waals surface area contributed by atoms with Gasteiger partial charge in [-0.05, 0) is 42.3 Å². The molecule has 0 aromatic heterocycles. The van der Waals surface area contributed by atoms with Gasteiger partial charge in [-0.15, -0.1) is 0 Å². The van der Waals surface area contributed by atoms with E-state index >= 15 is 0 Å². The Labute approximate surface area is 158 Å². The van der Waals surface area contributed by atoms with Gasteiger partial charge >= 0.3 is 6.03 Å². The van der Waals surface area contributed by atoms with Gasteiger partial charge < -0.3 is 10.2 Å². The van der Waals surface area contributed by atoms with Crippen molar-refractivity contribution in [2.75, 3.05) is 29.0 Å². The highest BCUT2D eigenvalue weighted by atomic mass is 35.5. The van der Waals surface area contributed by atoms with Crippen LogP contribution in [0.2, 0.25) is 5.02 Å². The van der Waals surface area contributed by atoms with Gasteiger partial charge in [-0.2, -0.15) is 0 Å². The van der Waals surface area contributed by atoms with Crippen LogP contribution in [0.3, 0.4) is 0 Å². The molecule has 3 rings (SSSR count). The third-order valence-electron chi connectivity index (χ3n) is 4.14. The highest BCUT2D eigenvalue weighted by Gasteiger charge is 2.28. The van der Waals surface area contributed by atoms with Gasteiger partial charge in [0.2, 0.25) is 10.0 Å². The number of urea groups is 1. The second-order valence-corrected chi connectivity index (χ2v) is 8.66. The molecule has 6 nitrogen and oxygen atoms in total. The molecule has 0 saturated carbocycles. The molecule has 0 aliphatic carbocycles. The smallest absolute Gasteiger partial charge is 0.321 e. The summed E-state index contributed by atoms with van der Waals surface area (Å²) in [6.07, 6.45) is 0.612. The second-order valence-electron chi connectivity index (χ2n) is 6.21. The van der Waals surface area contributed by atoms with Crippen molar-refractivity contribution in [3.8, 4) is 0 Å². The lowest BCUT2D eigenvalue weighted by atomic mass is 10.2. The van der Waals surface area contributed by atoms with E-state index in [1.54, 1.807) is 37.4 Å². The number of nitrogens with one attached hydrogen (secondary N) is 1. The number of hydrogen-bond acceptors (Lipinski definition) is 3. The van der Waals surface area contributed by atoms with E-state index in [0.717, 1.165) is 5.56 Å². The Morgan fingerprint density at radius 1 is 1.23 bits per heavy atom. The largest absolute Gasteiger partial charge is 0.323 e. The minimum absolute atomic E-state index is 0.159. The maximum absolute atomic E-state index is 12.4. The van der Waals surface area contributed by atoms with Crippen molar-refractivity contribution >= 4 is 39.0 Å². The van der Waals surface area contributed by atoms with Gasteiger partial charge in [0, 0.05) is 30.8 Å². The molecule has 2 amide bonds. The molecule has 1 N–H and O–H groups in total. The maximum Gasteiger partial charge on any atom is 0.321 e. The number of sulfonamides is 1. The number of carbonyl (C=O) groups is 1. The quantitative estimate of drug-likeness (QED) is 0.863. The molecule has 0 bridgehead atoms. The van der Waals surface area contributed by atoms with Crippen LogP contribution >= 0.6 is 11.6 Å². The van der Waals surface area contributed by atoms with E-state index in [2.05, 4.69) is 5.32 Å². The summed E-state index contributed by atoms with van der Waals surface area (Å²) in [7, 11) is -1.56. The van der Waals surface area contributed by atoms with Crippen LogP contribution in [-0.2, 0) is 16.6 Å². The molecule has 2 aromatic rings. The fraction of sp³-hybridized carbons (Fsp3) is 0.278. The monoisotopic (exact) mass is 393 g/mol. The number of amides is 2. The number of nitrogens with zero attached hydrogens (tertiary/aromatic N) is 2. The van der Waals surface area contributed by atoms with E-state index in [1.807, 2.05) is 18.2 Å². The summed E-state index contributed by atoms with van der Waals surface area (Å²) in [5.74, 6) is 0.159. The van der Waals surface area contributed by atoms with Crippen molar-refractivity contribution in [1.29, 1.82) is 0 Å². The average Bonchev–Trinajstić information content (AvgIpc) is 2.94. The lowest BCUT2D eigenvalue weighted by molar-refractivity contribution is 0.220. The SMILES string of the molecule is CN(Cc1cccc(Cl)c1)C(=O)Nc1cccc(N2CCCS2(=O)=O)c1. The third-order valence-corrected chi connectivity index (χ3v) is 6.24. The molecule has 138 valence electrons. The molecular formula is C18H20ClN3O3S. The van der Waals surface area contributed by atoms with E-state index in [9.17, 15) is 13.2 Å². The standard InChI is InChI=1S/C18H20ClN3O3S/c1-21(13-14-5-2-6-15(19)11-14)18(23)20-16-7-3-8-17(12-16)22-9-4-10-26(22,24)25/h2-3,5-8,11-12H,4,9-10,13H2,1H3,(H,20,23). The predicted octanol–water partition coefficient (Wildman–Crippen LogP) is 3.54. The van der Waals surface area contributed by atoms with Crippen molar-refractivity contribution < 1.29 is 13.2 Å². The van der Waals surface area contributed by atoms with Crippen LogP contribution in [0.25, 0.3) is 0 Å². The van der Waals surface area contributed by atoms with Crippen LogP contribution in [0.5, 0.6) is 0 Å². The van der Waals surface area contributed by atoms with Crippen LogP contribution in [0, 0.1) is 0 Å². The summed E-state index contributed by atoms with van der Waals surface area (Å²) in [6.45, 7) is 0.876. The second kappa shape index (κ2) is 7.55. The highest BCUT2D eigenvalue weighted by Crippen LogP contribution is 2.26. The molecule has 0 spiro atoms.